The fourth-order valence-electron chi connectivity index (χ4n) is 1.78. The number of halogens is 3. The highest BCUT2D eigenvalue weighted by molar-refractivity contribution is 5.83. The summed E-state index contributed by atoms with van der Waals surface area (Å²) in [6, 6.07) is 10.3. The molecular formula is C15H13F3N3O+. The second kappa shape index (κ2) is 6.84. The molecule has 0 unspecified atom stereocenters. The van der Waals surface area contributed by atoms with Gasteiger partial charge in [0.25, 0.3) is 0 Å². The van der Waals surface area contributed by atoms with Crippen LogP contribution < -0.4 is 9.99 Å². The van der Waals surface area contributed by atoms with Gasteiger partial charge in [0, 0.05) is 17.7 Å². The van der Waals surface area contributed by atoms with Crippen molar-refractivity contribution < 1.29 is 22.5 Å². The molecule has 0 aliphatic rings. The summed E-state index contributed by atoms with van der Waals surface area (Å²) in [6.07, 6.45) is -0.0899. The Bertz CT molecular complexity index is 669. The molecular weight excluding hydrogens is 295 g/mol. The summed E-state index contributed by atoms with van der Waals surface area (Å²) in [5, 5.41) is 3.57. The molecule has 2 rings (SSSR count). The van der Waals surface area contributed by atoms with E-state index in [0.29, 0.717) is 0 Å². The lowest BCUT2D eigenvalue weighted by Gasteiger charge is -2.08. The highest BCUT2D eigenvalue weighted by Gasteiger charge is 2.32. The standard InChI is InChI=1S/C15H12F3N3O/c16-15(17,18)13-7-3-2-6-12(13)10-19-20-14(22)11-21-8-4-1-5-9-21/h1-10H,11H2/p+1. The lowest BCUT2D eigenvalue weighted by molar-refractivity contribution is -0.684. The number of benzene rings is 1. The van der Waals surface area contributed by atoms with Crippen LogP contribution in [-0.4, -0.2) is 12.1 Å². The first-order valence-electron chi connectivity index (χ1n) is 6.39. The molecule has 114 valence electrons. The van der Waals surface area contributed by atoms with E-state index in [9.17, 15) is 18.0 Å². The van der Waals surface area contributed by atoms with Crippen molar-refractivity contribution in [3.63, 3.8) is 0 Å². The van der Waals surface area contributed by atoms with Crippen LogP contribution >= 0.6 is 0 Å². The van der Waals surface area contributed by atoms with Gasteiger partial charge in [-0.2, -0.15) is 22.8 Å². The van der Waals surface area contributed by atoms with Gasteiger partial charge in [-0.15, -0.1) is 0 Å². The van der Waals surface area contributed by atoms with Crippen molar-refractivity contribution in [3.05, 3.63) is 66.0 Å². The number of pyridine rings is 1. The fraction of sp³-hybridized carbons (Fsp3) is 0.133. The third-order valence-electron chi connectivity index (χ3n) is 2.76. The highest BCUT2D eigenvalue weighted by atomic mass is 19.4. The molecule has 1 heterocycles. The van der Waals surface area contributed by atoms with E-state index in [1.165, 1.54) is 18.2 Å². The number of rotatable bonds is 4. The number of nitrogens with zero attached hydrogens (tertiary/aromatic N) is 2. The fourth-order valence-corrected chi connectivity index (χ4v) is 1.78. The SMILES string of the molecule is O=C(C[n+]1ccccc1)NN=Cc1ccccc1C(F)(F)F. The van der Waals surface area contributed by atoms with E-state index < -0.39 is 17.6 Å². The molecule has 4 nitrogen and oxygen atoms in total. The lowest BCUT2D eigenvalue weighted by Crippen LogP contribution is -2.40. The van der Waals surface area contributed by atoms with Crippen molar-refractivity contribution in [3.8, 4) is 0 Å². The molecule has 7 heteroatoms. The molecule has 1 aromatic heterocycles. The van der Waals surface area contributed by atoms with Crippen LogP contribution in [0.25, 0.3) is 0 Å². The maximum absolute atomic E-state index is 12.8. The predicted molar refractivity (Wildman–Crippen MR) is 73.8 cm³/mol. The third kappa shape index (κ3) is 4.41. The second-order valence-electron chi connectivity index (χ2n) is 4.43. The number of carbonyl (C=O) groups excluding carboxylic acids is 1. The van der Waals surface area contributed by atoms with E-state index in [0.717, 1.165) is 12.3 Å². The second-order valence-corrected chi connectivity index (χ2v) is 4.43. The topological polar surface area (TPSA) is 45.3 Å². The van der Waals surface area contributed by atoms with Gasteiger partial charge in [0.1, 0.15) is 0 Å². The van der Waals surface area contributed by atoms with Crippen LogP contribution in [0.15, 0.2) is 60.0 Å². The predicted octanol–water partition coefficient (Wildman–Crippen LogP) is 2.14. The van der Waals surface area contributed by atoms with Gasteiger partial charge in [-0.3, -0.25) is 4.79 Å². The summed E-state index contributed by atoms with van der Waals surface area (Å²) in [5.41, 5.74) is 1.29. The number of nitrogens with one attached hydrogen (secondary N) is 1. The van der Waals surface area contributed by atoms with Crippen LogP contribution in [0, 0.1) is 0 Å². The van der Waals surface area contributed by atoms with Crippen LogP contribution in [0.4, 0.5) is 13.2 Å². The van der Waals surface area contributed by atoms with E-state index >= 15 is 0 Å². The summed E-state index contributed by atoms with van der Waals surface area (Å²) in [5.74, 6) is -0.433. The zero-order valence-corrected chi connectivity index (χ0v) is 11.4. The molecule has 1 N–H and O–H groups in total. The molecule has 1 amide bonds. The first-order chi connectivity index (χ1) is 10.5. The molecule has 1 aromatic carbocycles. The van der Waals surface area contributed by atoms with Crippen LogP contribution in [0.3, 0.4) is 0 Å². The molecule has 0 bridgehead atoms. The Morgan fingerprint density at radius 3 is 2.50 bits per heavy atom. The molecule has 22 heavy (non-hydrogen) atoms. The van der Waals surface area contributed by atoms with Gasteiger partial charge in [0.05, 0.1) is 11.8 Å². The first-order valence-corrected chi connectivity index (χ1v) is 6.39. The molecule has 2 aromatic rings. The number of hydrogen-bond donors (Lipinski definition) is 1. The summed E-state index contributed by atoms with van der Waals surface area (Å²) in [4.78, 5) is 11.6. The molecule has 0 aliphatic heterocycles. The van der Waals surface area contributed by atoms with Crippen molar-refractivity contribution in [1.82, 2.24) is 5.43 Å². The largest absolute Gasteiger partial charge is 0.417 e. The maximum Gasteiger partial charge on any atom is 0.417 e. The van der Waals surface area contributed by atoms with Crippen molar-refractivity contribution in [1.29, 1.82) is 0 Å². The minimum Gasteiger partial charge on any atom is -0.266 e. The van der Waals surface area contributed by atoms with Crippen LogP contribution in [0.2, 0.25) is 0 Å². The molecule has 0 spiro atoms. The van der Waals surface area contributed by atoms with E-state index in [4.69, 9.17) is 0 Å². The van der Waals surface area contributed by atoms with Crippen molar-refractivity contribution >= 4 is 12.1 Å². The van der Waals surface area contributed by atoms with Gasteiger partial charge in [-0.1, -0.05) is 24.3 Å². The number of amides is 1. The van der Waals surface area contributed by atoms with Gasteiger partial charge in [-0.05, 0) is 6.07 Å². The van der Waals surface area contributed by atoms with Crippen LogP contribution in [-0.2, 0) is 17.5 Å². The summed E-state index contributed by atoms with van der Waals surface area (Å²) >= 11 is 0. The molecule has 0 saturated heterocycles. The highest BCUT2D eigenvalue weighted by Crippen LogP contribution is 2.30. The molecule has 0 saturated carbocycles. The Balaban J connectivity index is 2.00. The maximum atomic E-state index is 12.8. The molecule has 0 fully saturated rings. The Kier molecular flexibility index (Phi) is 4.88. The van der Waals surface area contributed by atoms with Crippen molar-refractivity contribution in [2.45, 2.75) is 12.7 Å². The first kappa shape index (κ1) is 15.7. The third-order valence-corrected chi connectivity index (χ3v) is 2.76. The zero-order valence-electron chi connectivity index (χ0n) is 11.4. The van der Waals surface area contributed by atoms with Gasteiger partial charge >= 0.3 is 12.1 Å². The Hall–Kier alpha value is -2.70. The molecule has 0 radical (unpaired) electrons. The lowest BCUT2D eigenvalue weighted by atomic mass is 10.1. The number of hydrogen-bond acceptors (Lipinski definition) is 2. The zero-order chi connectivity index (χ0) is 16.0. The van der Waals surface area contributed by atoms with E-state index in [2.05, 4.69) is 10.5 Å². The van der Waals surface area contributed by atoms with E-state index in [-0.39, 0.29) is 12.1 Å². The minimum absolute atomic E-state index is 0.0269. The summed E-state index contributed by atoms with van der Waals surface area (Å²) in [7, 11) is 0. The average molecular weight is 308 g/mol. The average Bonchev–Trinajstić information content (AvgIpc) is 2.48. The number of aromatic nitrogens is 1. The Labute approximate surface area is 124 Å². The smallest absolute Gasteiger partial charge is 0.266 e. The van der Waals surface area contributed by atoms with Crippen molar-refractivity contribution in [2.75, 3.05) is 0 Å². The monoisotopic (exact) mass is 308 g/mol. The summed E-state index contributed by atoms with van der Waals surface area (Å²) in [6.45, 7) is 0.0269. The normalized spacial score (nSPS) is 11.6. The van der Waals surface area contributed by atoms with Crippen molar-refractivity contribution in [2.24, 2.45) is 5.10 Å². The summed E-state index contributed by atoms with van der Waals surface area (Å²) < 4.78 is 39.9. The Morgan fingerprint density at radius 2 is 1.82 bits per heavy atom. The number of hydrazone groups is 1. The van der Waals surface area contributed by atoms with Gasteiger partial charge in [0.15, 0.2) is 12.4 Å². The van der Waals surface area contributed by atoms with Gasteiger partial charge in [-0.25, -0.2) is 5.43 Å². The quantitative estimate of drug-likeness (QED) is 0.525. The number of carbonyl (C=O) groups is 1. The van der Waals surface area contributed by atoms with Crippen LogP contribution in [0.5, 0.6) is 0 Å². The minimum atomic E-state index is -4.47. The van der Waals surface area contributed by atoms with Crippen LogP contribution in [0.1, 0.15) is 11.1 Å². The van der Waals surface area contributed by atoms with Gasteiger partial charge < -0.3 is 0 Å². The van der Waals surface area contributed by atoms with E-state index in [1.807, 2.05) is 0 Å². The van der Waals surface area contributed by atoms with E-state index in [1.54, 1.807) is 35.2 Å². The molecule has 0 atom stereocenters. The Morgan fingerprint density at radius 1 is 1.14 bits per heavy atom. The van der Waals surface area contributed by atoms with Gasteiger partial charge in [0.2, 0.25) is 6.54 Å². The number of alkyl halides is 3. The molecule has 0 aliphatic carbocycles.